The van der Waals surface area contributed by atoms with E-state index in [2.05, 4.69) is 5.32 Å². The zero-order valence-electron chi connectivity index (χ0n) is 16.9. The first-order valence-electron chi connectivity index (χ1n) is 9.66. The SMILES string of the molecule is COc1ccc(C2C(C(=O)Nc3ccc(F)cc3Cl)c3ccccc3C(=O)N2C)cc1. The highest BCUT2D eigenvalue weighted by Gasteiger charge is 2.42. The average molecular weight is 439 g/mol. The Morgan fingerprint density at radius 3 is 2.48 bits per heavy atom. The van der Waals surface area contributed by atoms with Gasteiger partial charge in [-0.2, -0.15) is 0 Å². The number of fused-ring (bicyclic) bond motifs is 1. The van der Waals surface area contributed by atoms with Gasteiger partial charge in [0.25, 0.3) is 5.91 Å². The summed E-state index contributed by atoms with van der Waals surface area (Å²) in [6, 6.07) is 17.6. The molecule has 0 radical (unpaired) electrons. The van der Waals surface area contributed by atoms with Crippen LogP contribution in [0.4, 0.5) is 10.1 Å². The van der Waals surface area contributed by atoms with E-state index in [0.717, 1.165) is 11.6 Å². The fraction of sp³-hybridized carbons (Fsp3) is 0.167. The monoisotopic (exact) mass is 438 g/mol. The fourth-order valence-corrected chi connectivity index (χ4v) is 4.19. The fourth-order valence-electron chi connectivity index (χ4n) is 3.98. The van der Waals surface area contributed by atoms with Gasteiger partial charge in [-0.15, -0.1) is 0 Å². The zero-order valence-corrected chi connectivity index (χ0v) is 17.7. The number of likely N-dealkylation sites (N-methyl/N-ethyl adjacent to an activating group) is 1. The van der Waals surface area contributed by atoms with Crippen LogP contribution in [-0.2, 0) is 4.79 Å². The highest BCUT2D eigenvalue weighted by molar-refractivity contribution is 6.33. The minimum atomic E-state index is -0.701. The van der Waals surface area contributed by atoms with Crippen molar-refractivity contribution < 1.29 is 18.7 Å². The van der Waals surface area contributed by atoms with Gasteiger partial charge in [-0.1, -0.05) is 41.9 Å². The van der Waals surface area contributed by atoms with E-state index in [1.54, 1.807) is 55.5 Å². The molecule has 31 heavy (non-hydrogen) atoms. The van der Waals surface area contributed by atoms with Gasteiger partial charge in [0.1, 0.15) is 11.6 Å². The molecule has 0 saturated carbocycles. The van der Waals surface area contributed by atoms with Crippen LogP contribution in [-0.4, -0.2) is 30.9 Å². The van der Waals surface area contributed by atoms with Gasteiger partial charge in [-0.05, 0) is 47.5 Å². The van der Waals surface area contributed by atoms with Gasteiger partial charge in [-0.25, -0.2) is 4.39 Å². The van der Waals surface area contributed by atoms with Crippen molar-refractivity contribution in [3.63, 3.8) is 0 Å². The molecule has 0 aromatic heterocycles. The Morgan fingerprint density at radius 2 is 1.81 bits per heavy atom. The summed E-state index contributed by atoms with van der Waals surface area (Å²) in [7, 11) is 3.25. The molecule has 1 aliphatic rings. The largest absolute Gasteiger partial charge is 0.497 e. The molecule has 1 aliphatic heterocycles. The number of halogens is 2. The molecule has 5 nitrogen and oxygen atoms in total. The summed E-state index contributed by atoms with van der Waals surface area (Å²) in [6.45, 7) is 0. The van der Waals surface area contributed by atoms with Crippen molar-refractivity contribution in [2.75, 3.05) is 19.5 Å². The first-order valence-corrected chi connectivity index (χ1v) is 10.0. The number of rotatable bonds is 4. The topological polar surface area (TPSA) is 58.6 Å². The van der Waals surface area contributed by atoms with Crippen LogP contribution < -0.4 is 10.1 Å². The number of hydrogen-bond acceptors (Lipinski definition) is 3. The van der Waals surface area contributed by atoms with Gasteiger partial charge >= 0.3 is 0 Å². The highest BCUT2D eigenvalue weighted by atomic mass is 35.5. The van der Waals surface area contributed by atoms with E-state index in [4.69, 9.17) is 16.3 Å². The number of nitrogens with one attached hydrogen (secondary N) is 1. The molecule has 3 aromatic rings. The van der Waals surface area contributed by atoms with Crippen molar-refractivity contribution in [2.24, 2.45) is 0 Å². The first-order chi connectivity index (χ1) is 14.9. The van der Waals surface area contributed by atoms with Crippen LogP contribution in [0, 0.1) is 5.82 Å². The van der Waals surface area contributed by atoms with Crippen LogP contribution in [0.3, 0.4) is 0 Å². The van der Waals surface area contributed by atoms with Crippen LogP contribution >= 0.6 is 11.6 Å². The Hall–Kier alpha value is -3.38. The molecule has 0 bridgehead atoms. The third-order valence-corrected chi connectivity index (χ3v) is 5.82. The number of amides is 2. The normalized spacial score (nSPS) is 17.8. The summed E-state index contributed by atoms with van der Waals surface area (Å²) in [5, 5.41) is 2.91. The van der Waals surface area contributed by atoms with Crippen molar-refractivity contribution in [3.05, 3.63) is 94.3 Å². The van der Waals surface area contributed by atoms with E-state index in [9.17, 15) is 14.0 Å². The summed E-state index contributed by atoms with van der Waals surface area (Å²) in [6.07, 6.45) is 0. The molecule has 2 amide bonds. The van der Waals surface area contributed by atoms with Crippen LogP contribution in [0.5, 0.6) is 5.75 Å². The number of nitrogens with zero attached hydrogens (tertiary/aromatic N) is 1. The molecule has 4 rings (SSSR count). The zero-order chi connectivity index (χ0) is 22.1. The standard InChI is InChI=1S/C24H20ClFN2O3/c1-28-22(14-7-10-16(31-2)11-8-14)21(17-5-3-4-6-18(17)24(28)30)23(29)27-20-12-9-15(26)13-19(20)25/h3-13,21-22H,1-2H3,(H,27,29). The second-order valence-electron chi connectivity index (χ2n) is 7.31. The summed E-state index contributed by atoms with van der Waals surface area (Å²) in [4.78, 5) is 28.1. The minimum absolute atomic E-state index is 0.0999. The van der Waals surface area contributed by atoms with Crippen molar-refractivity contribution in [1.82, 2.24) is 4.90 Å². The molecular formula is C24H20ClFN2O3. The lowest BCUT2D eigenvalue weighted by atomic mass is 9.79. The maximum atomic E-state index is 13.5. The molecule has 3 aromatic carbocycles. The molecule has 0 saturated heterocycles. The van der Waals surface area contributed by atoms with Gasteiger partial charge < -0.3 is 15.0 Å². The van der Waals surface area contributed by atoms with Crippen LogP contribution in [0.25, 0.3) is 0 Å². The molecule has 0 fully saturated rings. The summed E-state index contributed by atoms with van der Waals surface area (Å²) in [5.74, 6) is -1.03. The average Bonchev–Trinajstić information content (AvgIpc) is 2.78. The van der Waals surface area contributed by atoms with Gasteiger partial charge in [0.05, 0.1) is 29.8 Å². The van der Waals surface area contributed by atoms with Crippen molar-refractivity contribution in [2.45, 2.75) is 12.0 Å². The third kappa shape index (κ3) is 3.86. The smallest absolute Gasteiger partial charge is 0.254 e. The van der Waals surface area contributed by atoms with E-state index >= 15 is 0 Å². The van der Waals surface area contributed by atoms with Crippen molar-refractivity contribution in [3.8, 4) is 5.75 Å². The molecule has 2 atom stereocenters. The quantitative estimate of drug-likeness (QED) is 0.621. The second kappa shape index (κ2) is 8.40. The Labute approximate surface area is 184 Å². The lowest BCUT2D eigenvalue weighted by Crippen LogP contribution is -2.44. The second-order valence-corrected chi connectivity index (χ2v) is 7.72. The molecule has 1 N–H and O–H groups in total. The molecule has 0 aliphatic carbocycles. The Bertz CT molecular complexity index is 1150. The number of ether oxygens (including phenoxy) is 1. The van der Waals surface area contributed by atoms with Crippen molar-refractivity contribution >= 4 is 29.1 Å². The molecule has 7 heteroatoms. The number of carbonyl (C=O) groups excluding carboxylic acids is 2. The third-order valence-electron chi connectivity index (χ3n) is 5.51. The Morgan fingerprint density at radius 1 is 1.10 bits per heavy atom. The predicted octanol–water partition coefficient (Wildman–Crippen LogP) is 5.04. The number of carbonyl (C=O) groups is 2. The van der Waals surface area contributed by atoms with E-state index in [-0.39, 0.29) is 16.8 Å². The molecule has 158 valence electrons. The summed E-state index contributed by atoms with van der Waals surface area (Å²) >= 11 is 6.12. The van der Waals surface area contributed by atoms with Crippen LogP contribution in [0.1, 0.15) is 33.4 Å². The number of methoxy groups -OCH3 is 1. The predicted molar refractivity (Wildman–Crippen MR) is 117 cm³/mol. The lowest BCUT2D eigenvalue weighted by Gasteiger charge is -2.39. The molecule has 1 heterocycles. The Balaban J connectivity index is 1.79. The molecular weight excluding hydrogens is 419 g/mol. The van der Waals surface area contributed by atoms with Gasteiger partial charge in [-0.3, -0.25) is 9.59 Å². The maximum Gasteiger partial charge on any atom is 0.254 e. The lowest BCUT2D eigenvalue weighted by molar-refractivity contribution is -0.119. The van der Waals surface area contributed by atoms with Crippen LogP contribution in [0.2, 0.25) is 5.02 Å². The van der Waals surface area contributed by atoms with Crippen LogP contribution in [0.15, 0.2) is 66.7 Å². The number of hydrogen-bond donors (Lipinski definition) is 1. The van der Waals surface area contributed by atoms with Crippen molar-refractivity contribution in [1.29, 1.82) is 0 Å². The summed E-state index contributed by atoms with van der Waals surface area (Å²) < 4.78 is 18.7. The summed E-state index contributed by atoms with van der Waals surface area (Å²) in [5.41, 5.74) is 2.19. The minimum Gasteiger partial charge on any atom is -0.497 e. The number of anilines is 1. The number of benzene rings is 3. The Kier molecular flexibility index (Phi) is 5.65. The van der Waals surface area contributed by atoms with E-state index in [0.29, 0.717) is 22.6 Å². The van der Waals surface area contributed by atoms with E-state index in [1.807, 2.05) is 12.1 Å². The van der Waals surface area contributed by atoms with Gasteiger partial charge in [0, 0.05) is 12.6 Å². The van der Waals surface area contributed by atoms with Gasteiger partial charge in [0.2, 0.25) is 5.91 Å². The van der Waals surface area contributed by atoms with E-state index < -0.39 is 17.8 Å². The van der Waals surface area contributed by atoms with E-state index in [1.165, 1.54) is 12.1 Å². The first kappa shape index (κ1) is 20.9. The maximum absolute atomic E-state index is 13.5. The highest BCUT2D eigenvalue weighted by Crippen LogP contribution is 2.43. The molecule has 2 unspecified atom stereocenters. The molecule has 0 spiro atoms. The van der Waals surface area contributed by atoms with Gasteiger partial charge in [0.15, 0.2) is 0 Å².